The molecule has 0 radical (unpaired) electrons. The fourth-order valence-electron chi connectivity index (χ4n) is 4.25. The summed E-state index contributed by atoms with van der Waals surface area (Å²) in [6, 6.07) is 15.0. The molecular formula is C29H34N6O5. The van der Waals surface area contributed by atoms with Crippen LogP contribution in [0, 0.1) is 13.8 Å². The van der Waals surface area contributed by atoms with Gasteiger partial charge in [0.05, 0.1) is 14.2 Å². The third-order valence-electron chi connectivity index (χ3n) is 5.97. The Morgan fingerprint density at radius 2 is 1.77 bits per heavy atom. The summed E-state index contributed by atoms with van der Waals surface area (Å²) in [4.78, 5) is 30.6. The Morgan fingerprint density at radius 3 is 2.40 bits per heavy atom. The maximum absolute atomic E-state index is 14.1. The molecule has 4 aromatic rings. The van der Waals surface area contributed by atoms with Crippen molar-refractivity contribution in [3.8, 4) is 23.1 Å². The van der Waals surface area contributed by atoms with Crippen molar-refractivity contribution in [2.75, 3.05) is 19.1 Å². The highest BCUT2D eigenvalue weighted by Crippen LogP contribution is 2.35. The number of carbonyl (C=O) groups excluding carboxylic acids is 2. The van der Waals surface area contributed by atoms with Crippen molar-refractivity contribution in [1.82, 2.24) is 25.5 Å². The highest BCUT2D eigenvalue weighted by Gasteiger charge is 2.35. The van der Waals surface area contributed by atoms with Gasteiger partial charge in [-0.15, -0.1) is 10.2 Å². The van der Waals surface area contributed by atoms with Crippen LogP contribution in [0.3, 0.4) is 0 Å². The van der Waals surface area contributed by atoms with Gasteiger partial charge in [0, 0.05) is 11.2 Å². The Bertz CT molecular complexity index is 1500. The van der Waals surface area contributed by atoms with Crippen molar-refractivity contribution in [3.05, 3.63) is 71.5 Å². The van der Waals surface area contributed by atoms with E-state index in [9.17, 15) is 9.59 Å². The van der Waals surface area contributed by atoms with Gasteiger partial charge in [-0.1, -0.05) is 18.2 Å². The predicted molar refractivity (Wildman–Crippen MR) is 149 cm³/mol. The highest BCUT2D eigenvalue weighted by atomic mass is 16.5. The van der Waals surface area contributed by atoms with Crippen molar-refractivity contribution in [2.45, 2.75) is 52.7 Å². The molecule has 0 aliphatic heterocycles. The number of nitrogens with zero attached hydrogens (tertiary/aromatic N) is 5. The normalized spacial score (nSPS) is 12.1. The molecule has 0 saturated carbocycles. The summed E-state index contributed by atoms with van der Waals surface area (Å²) in [5.74, 6) is 1.55. The number of aromatic nitrogens is 4. The topological polar surface area (TPSA) is 125 Å². The molecule has 40 heavy (non-hydrogen) atoms. The van der Waals surface area contributed by atoms with E-state index in [4.69, 9.17) is 13.9 Å². The van der Waals surface area contributed by atoms with Crippen LogP contribution in [0.15, 0.2) is 59.0 Å². The van der Waals surface area contributed by atoms with E-state index >= 15 is 0 Å². The number of hydrogen-bond acceptors (Lipinski definition) is 8. The first-order chi connectivity index (χ1) is 19.0. The Labute approximate surface area is 233 Å². The third-order valence-corrected chi connectivity index (χ3v) is 5.97. The lowest BCUT2D eigenvalue weighted by Gasteiger charge is -2.34. The van der Waals surface area contributed by atoms with Crippen molar-refractivity contribution in [2.24, 2.45) is 0 Å². The van der Waals surface area contributed by atoms with Gasteiger partial charge in [-0.25, -0.2) is 0 Å². The van der Waals surface area contributed by atoms with Crippen LogP contribution < -0.4 is 19.7 Å². The number of tetrazole rings is 1. The quantitative estimate of drug-likeness (QED) is 0.330. The molecule has 0 fully saturated rings. The molecule has 0 aliphatic rings. The van der Waals surface area contributed by atoms with Crippen molar-refractivity contribution in [3.63, 3.8) is 0 Å². The van der Waals surface area contributed by atoms with Crippen LogP contribution in [0.5, 0.6) is 11.5 Å². The summed E-state index contributed by atoms with van der Waals surface area (Å²) in [6.07, 6.45) is 0. The zero-order valence-corrected chi connectivity index (χ0v) is 23.8. The number of rotatable bonds is 9. The monoisotopic (exact) mass is 546 g/mol. The fourth-order valence-corrected chi connectivity index (χ4v) is 4.25. The van der Waals surface area contributed by atoms with Crippen molar-refractivity contribution < 1.29 is 23.5 Å². The van der Waals surface area contributed by atoms with E-state index < -0.39 is 17.5 Å². The third kappa shape index (κ3) is 6.48. The number of methoxy groups -OCH3 is 2. The van der Waals surface area contributed by atoms with Gasteiger partial charge in [0.2, 0.25) is 11.7 Å². The van der Waals surface area contributed by atoms with E-state index in [0.717, 1.165) is 5.56 Å². The lowest BCUT2D eigenvalue weighted by atomic mass is 10.00. The van der Waals surface area contributed by atoms with Crippen LogP contribution in [0.1, 0.15) is 43.7 Å². The molecule has 11 nitrogen and oxygen atoms in total. The second-order valence-corrected chi connectivity index (χ2v) is 10.4. The predicted octanol–water partition coefficient (Wildman–Crippen LogP) is 4.26. The van der Waals surface area contributed by atoms with Crippen molar-refractivity contribution in [1.29, 1.82) is 0 Å². The smallest absolute Gasteiger partial charge is 0.251 e. The zero-order valence-electron chi connectivity index (χ0n) is 23.8. The first-order valence-corrected chi connectivity index (χ1v) is 12.8. The SMILES string of the molecule is COc1ccc([C@@H](C(=O)NC(C)(C)C)N(C(=O)Cn2nnc(-c3ccc(C)o3)n2)c2cccc(C)c2)cc1OC. The number of aryl methyl sites for hydroxylation is 2. The van der Waals surface area contributed by atoms with Crippen LogP contribution in [-0.2, 0) is 16.1 Å². The van der Waals surface area contributed by atoms with Gasteiger partial charge in [-0.3, -0.25) is 14.5 Å². The summed E-state index contributed by atoms with van der Waals surface area (Å²) in [6.45, 7) is 9.11. The lowest BCUT2D eigenvalue weighted by molar-refractivity contribution is -0.128. The minimum Gasteiger partial charge on any atom is -0.493 e. The molecule has 210 valence electrons. The van der Waals surface area contributed by atoms with E-state index in [2.05, 4.69) is 20.7 Å². The molecule has 2 heterocycles. The molecule has 1 N–H and O–H groups in total. The van der Waals surface area contributed by atoms with E-state index in [1.807, 2.05) is 52.8 Å². The second kappa shape index (κ2) is 11.6. The molecule has 2 amide bonds. The molecular weight excluding hydrogens is 512 g/mol. The van der Waals surface area contributed by atoms with Crippen LogP contribution >= 0.6 is 0 Å². The maximum Gasteiger partial charge on any atom is 0.251 e. The number of furan rings is 1. The summed E-state index contributed by atoms with van der Waals surface area (Å²) in [5, 5.41) is 15.4. The summed E-state index contributed by atoms with van der Waals surface area (Å²) in [5.41, 5.74) is 1.44. The Morgan fingerprint density at radius 1 is 1.02 bits per heavy atom. The zero-order chi connectivity index (χ0) is 29.0. The number of nitrogens with one attached hydrogen (secondary N) is 1. The number of hydrogen-bond donors (Lipinski definition) is 1. The maximum atomic E-state index is 14.1. The first-order valence-electron chi connectivity index (χ1n) is 12.8. The summed E-state index contributed by atoms with van der Waals surface area (Å²) in [7, 11) is 3.05. The molecule has 0 aliphatic carbocycles. The van der Waals surface area contributed by atoms with E-state index in [1.54, 1.807) is 36.4 Å². The minimum atomic E-state index is -1.05. The van der Waals surface area contributed by atoms with Gasteiger partial charge in [0.15, 0.2) is 17.3 Å². The first kappa shape index (κ1) is 28.3. The number of amides is 2. The van der Waals surface area contributed by atoms with E-state index in [1.165, 1.54) is 23.9 Å². The number of carbonyl (C=O) groups is 2. The molecule has 0 saturated heterocycles. The van der Waals surface area contributed by atoms with Gasteiger partial charge in [-0.05, 0) is 87.4 Å². The van der Waals surface area contributed by atoms with Gasteiger partial charge in [0.25, 0.3) is 5.91 Å². The molecule has 0 bridgehead atoms. The van der Waals surface area contributed by atoms with Crippen molar-refractivity contribution >= 4 is 17.5 Å². The lowest BCUT2D eigenvalue weighted by Crippen LogP contribution is -2.50. The van der Waals surface area contributed by atoms with Gasteiger partial charge in [0.1, 0.15) is 18.3 Å². The summed E-state index contributed by atoms with van der Waals surface area (Å²) >= 11 is 0. The van der Waals surface area contributed by atoms with Gasteiger partial charge >= 0.3 is 0 Å². The Hall–Kier alpha value is -4.67. The van der Waals surface area contributed by atoms with Gasteiger partial charge < -0.3 is 19.2 Å². The Balaban J connectivity index is 1.80. The molecule has 4 rings (SSSR count). The highest BCUT2D eigenvalue weighted by molar-refractivity contribution is 6.01. The molecule has 0 unspecified atom stereocenters. The van der Waals surface area contributed by atoms with Crippen LogP contribution in [0.25, 0.3) is 11.6 Å². The van der Waals surface area contributed by atoms with Crippen LogP contribution in [-0.4, -0.2) is 51.8 Å². The largest absolute Gasteiger partial charge is 0.493 e. The fraction of sp³-hybridized carbons (Fsp3) is 0.345. The molecule has 2 aromatic heterocycles. The molecule has 1 atom stereocenters. The van der Waals surface area contributed by atoms with E-state index in [0.29, 0.717) is 34.3 Å². The molecule has 0 spiro atoms. The molecule has 11 heteroatoms. The number of anilines is 1. The standard InChI is InChI=1S/C29H34N6O5/c1-18-9-8-10-21(15-18)35(25(36)17-34-32-27(31-33-34)23-13-11-19(2)40-23)26(28(37)30-29(3,4)5)20-12-14-22(38-6)24(16-20)39-7/h8-16,26H,17H2,1-7H3,(H,30,37)/t26-/m0/s1. The minimum absolute atomic E-state index is 0.255. The number of benzene rings is 2. The molecule has 2 aromatic carbocycles. The van der Waals surface area contributed by atoms with E-state index in [-0.39, 0.29) is 18.3 Å². The second-order valence-electron chi connectivity index (χ2n) is 10.4. The summed E-state index contributed by atoms with van der Waals surface area (Å²) < 4.78 is 16.5. The average Bonchev–Trinajstić information content (AvgIpc) is 3.54. The van der Waals surface area contributed by atoms with Crippen LogP contribution in [0.2, 0.25) is 0 Å². The number of ether oxygens (including phenoxy) is 2. The average molecular weight is 547 g/mol. The Kier molecular flexibility index (Phi) is 8.22. The van der Waals surface area contributed by atoms with Crippen LogP contribution in [0.4, 0.5) is 5.69 Å². The van der Waals surface area contributed by atoms with Gasteiger partial charge in [-0.2, -0.15) is 4.80 Å².